The Labute approximate surface area is 162 Å². The summed E-state index contributed by atoms with van der Waals surface area (Å²) in [5.41, 5.74) is 4.85. The Kier molecular flexibility index (Phi) is 5.48. The minimum absolute atomic E-state index is 0.140. The van der Waals surface area contributed by atoms with Gasteiger partial charge in [0.1, 0.15) is 0 Å². The molecule has 0 saturated carbocycles. The maximum atomic E-state index is 12.0. The van der Waals surface area contributed by atoms with Gasteiger partial charge in [0.05, 0.1) is 18.8 Å². The third-order valence-corrected chi connectivity index (χ3v) is 5.70. The summed E-state index contributed by atoms with van der Waals surface area (Å²) >= 11 is 1.64. The van der Waals surface area contributed by atoms with E-state index in [4.69, 9.17) is 5.10 Å². The summed E-state index contributed by atoms with van der Waals surface area (Å²) in [5, 5.41) is 12.7. The van der Waals surface area contributed by atoms with Crippen molar-refractivity contribution in [3.05, 3.63) is 58.2 Å². The van der Waals surface area contributed by atoms with Crippen LogP contribution < -0.4 is 10.6 Å². The number of nitrogens with one attached hydrogen (secondary N) is 2. The fraction of sp³-hybridized carbons (Fsp3) is 0.350. The molecule has 3 aromatic heterocycles. The highest BCUT2D eigenvalue weighted by Crippen LogP contribution is 2.30. The van der Waals surface area contributed by atoms with E-state index in [-0.39, 0.29) is 6.03 Å². The molecule has 140 valence electrons. The first-order valence-corrected chi connectivity index (χ1v) is 10.2. The molecule has 3 heterocycles. The molecule has 27 heavy (non-hydrogen) atoms. The van der Waals surface area contributed by atoms with E-state index < -0.39 is 0 Å². The third kappa shape index (κ3) is 4.19. The van der Waals surface area contributed by atoms with Crippen LogP contribution in [0.1, 0.15) is 29.0 Å². The molecule has 0 radical (unpaired) electrons. The molecule has 0 fully saturated rings. The number of amides is 2. The molecule has 4 rings (SSSR count). The minimum Gasteiger partial charge on any atom is -0.336 e. The summed E-state index contributed by atoms with van der Waals surface area (Å²) < 4.78 is 2.07. The molecule has 0 aromatic carbocycles. The van der Waals surface area contributed by atoms with Crippen LogP contribution in [0.2, 0.25) is 0 Å². The number of urea groups is 1. The molecule has 2 N–H and O–H groups in total. The van der Waals surface area contributed by atoms with Crippen molar-refractivity contribution in [1.82, 2.24) is 25.4 Å². The van der Waals surface area contributed by atoms with Crippen LogP contribution in [0.3, 0.4) is 0 Å². The smallest absolute Gasteiger partial charge is 0.315 e. The summed E-state index contributed by atoms with van der Waals surface area (Å²) in [5.74, 6) is 0. The first kappa shape index (κ1) is 17.7. The van der Waals surface area contributed by atoms with E-state index in [0.29, 0.717) is 19.6 Å². The van der Waals surface area contributed by atoms with Gasteiger partial charge in [-0.25, -0.2) is 4.79 Å². The number of nitrogens with zero attached hydrogens (tertiary/aromatic N) is 3. The maximum Gasteiger partial charge on any atom is 0.315 e. The Morgan fingerprint density at radius 3 is 2.81 bits per heavy atom. The maximum absolute atomic E-state index is 12.0. The first-order chi connectivity index (χ1) is 13.3. The standard InChI is InChI=1S/C20H23N5OS/c26-20(23-14-16-4-3-13-27-16)22-11-12-25-18-6-2-1-5-17(18)19(24-25)15-7-9-21-10-8-15/h3-4,7-10,13H,1-2,5-6,11-12,14H2,(H2,22,23,26). The van der Waals surface area contributed by atoms with Gasteiger partial charge in [0.25, 0.3) is 0 Å². The van der Waals surface area contributed by atoms with Crippen molar-refractivity contribution in [2.75, 3.05) is 6.54 Å². The highest BCUT2D eigenvalue weighted by molar-refractivity contribution is 7.09. The second-order valence-electron chi connectivity index (χ2n) is 6.63. The largest absolute Gasteiger partial charge is 0.336 e. The summed E-state index contributed by atoms with van der Waals surface area (Å²) in [4.78, 5) is 17.2. The van der Waals surface area contributed by atoms with Gasteiger partial charge in [-0.3, -0.25) is 9.67 Å². The lowest BCUT2D eigenvalue weighted by Crippen LogP contribution is -2.37. The van der Waals surface area contributed by atoms with E-state index in [0.717, 1.165) is 29.0 Å². The van der Waals surface area contributed by atoms with E-state index in [1.165, 1.54) is 24.1 Å². The van der Waals surface area contributed by atoms with Gasteiger partial charge in [-0.1, -0.05) is 6.07 Å². The monoisotopic (exact) mass is 381 g/mol. The number of carbonyl (C=O) groups is 1. The van der Waals surface area contributed by atoms with Gasteiger partial charge in [-0.05, 0) is 49.3 Å². The Hall–Kier alpha value is -2.67. The van der Waals surface area contributed by atoms with Crippen LogP contribution in [0.15, 0.2) is 42.0 Å². The first-order valence-electron chi connectivity index (χ1n) is 9.34. The second kappa shape index (κ2) is 8.35. The van der Waals surface area contributed by atoms with Crippen LogP contribution in [0.5, 0.6) is 0 Å². The molecule has 0 atom stereocenters. The van der Waals surface area contributed by atoms with Crippen LogP contribution in [0, 0.1) is 0 Å². The quantitative estimate of drug-likeness (QED) is 0.687. The number of fused-ring (bicyclic) bond motifs is 1. The van der Waals surface area contributed by atoms with Crippen LogP contribution >= 0.6 is 11.3 Å². The van der Waals surface area contributed by atoms with Gasteiger partial charge in [0.2, 0.25) is 0 Å². The zero-order valence-corrected chi connectivity index (χ0v) is 16.0. The number of rotatable bonds is 6. The average Bonchev–Trinajstić information content (AvgIpc) is 3.35. The summed E-state index contributed by atoms with van der Waals surface area (Å²) in [6.45, 7) is 1.80. The van der Waals surface area contributed by atoms with Crippen molar-refractivity contribution < 1.29 is 4.79 Å². The number of carbonyl (C=O) groups excluding carboxylic acids is 1. The molecule has 0 saturated heterocycles. The average molecular weight is 382 g/mol. The fourth-order valence-electron chi connectivity index (χ4n) is 3.52. The number of thiophene rings is 1. The summed E-state index contributed by atoms with van der Waals surface area (Å²) in [6.07, 6.45) is 8.15. The predicted octanol–water partition coefficient (Wildman–Crippen LogP) is 3.38. The van der Waals surface area contributed by atoms with E-state index in [1.807, 2.05) is 42.0 Å². The van der Waals surface area contributed by atoms with Crippen LogP contribution in [-0.4, -0.2) is 27.3 Å². The molecular weight excluding hydrogens is 358 g/mol. The minimum atomic E-state index is -0.140. The highest BCUT2D eigenvalue weighted by atomic mass is 32.1. The van der Waals surface area contributed by atoms with Crippen molar-refractivity contribution in [2.45, 2.75) is 38.8 Å². The summed E-state index contributed by atoms with van der Waals surface area (Å²) in [7, 11) is 0. The molecule has 3 aromatic rings. The van der Waals surface area contributed by atoms with E-state index in [9.17, 15) is 4.79 Å². The van der Waals surface area contributed by atoms with Crippen LogP contribution in [0.4, 0.5) is 4.79 Å². The summed E-state index contributed by atoms with van der Waals surface area (Å²) in [6, 6.07) is 7.89. The van der Waals surface area contributed by atoms with Gasteiger partial charge >= 0.3 is 6.03 Å². The molecule has 1 aliphatic carbocycles. The lowest BCUT2D eigenvalue weighted by atomic mass is 9.94. The number of pyridine rings is 1. The van der Waals surface area contributed by atoms with Crippen molar-refractivity contribution in [3.8, 4) is 11.3 Å². The van der Waals surface area contributed by atoms with Gasteiger partial charge in [-0.15, -0.1) is 11.3 Å². The lowest BCUT2D eigenvalue weighted by molar-refractivity contribution is 0.240. The van der Waals surface area contributed by atoms with Gasteiger partial charge in [0.15, 0.2) is 0 Å². The molecule has 6 nitrogen and oxygen atoms in total. The van der Waals surface area contributed by atoms with Gasteiger partial charge < -0.3 is 10.6 Å². The van der Waals surface area contributed by atoms with Crippen molar-refractivity contribution >= 4 is 17.4 Å². The van der Waals surface area contributed by atoms with E-state index >= 15 is 0 Å². The Morgan fingerprint density at radius 1 is 1.15 bits per heavy atom. The normalized spacial score (nSPS) is 13.2. The topological polar surface area (TPSA) is 71.8 Å². The Morgan fingerprint density at radius 2 is 2.00 bits per heavy atom. The molecule has 7 heteroatoms. The van der Waals surface area contributed by atoms with Crippen molar-refractivity contribution in [2.24, 2.45) is 0 Å². The Bertz CT molecular complexity index is 889. The molecule has 0 bridgehead atoms. The molecule has 0 spiro atoms. The molecule has 0 aliphatic heterocycles. The van der Waals surface area contributed by atoms with E-state index in [1.54, 1.807) is 11.3 Å². The van der Waals surface area contributed by atoms with Gasteiger partial charge in [-0.2, -0.15) is 5.10 Å². The third-order valence-electron chi connectivity index (χ3n) is 4.82. The molecule has 1 aliphatic rings. The molecular formula is C20H23N5OS. The van der Waals surface area contributed by atoms with Crippen molar-refractivity contribution in [1.29, 1.82) is 0 Å². The van der Waals surface area contributed by atoms with Gasteiger partial charge in [0, 0.05) is 40.6 Å². The lowest BCUT2D eigenvalue weighted by Gasteiger charge is -2.14. The second-order valence-corrected chi connectivity index (χ2v) is 7.66. The zero-order valence-electron chi connectivity index (χ0n) is 15.1. The van der Waals surface area contributed by atoms with Crippen molar-refractivity contribution in [3.63, 3.8) is 0 Å². The number of hydrogen-bond donors (Lipinski definition) is 2. The zero-order chi connectivity index (χ0) is 18.5. The SMILES string of the molecule is O=C(NCCn1nc(-c2ccncc2)c2c1CCCC2)NCc1cccs1. The number of aromatic nitrogens is 3. The van der Waals surface area contributed by atoms with E-state index in [2.05, 4.69) is 20.3 Å². The highest BCUT2D eigenvalue weighted by Gasteiger charge is 2.21. The van der Waals surface area contributed by atoms with Crippen LogP contribution in [-0.2, 0) is 25.9 Å². The Balaban J connectivity index is 1.39. The molecule has 2 amide bonds. The number of hydrogen-bond acceptors (Lipinski definition) is 4. The predicted molar refractivity (Wildman–Crippen MR) is 107 cm³/mol. The fourth-order valence-corrected chi connectivity index (χ4v) is 4.16. The van der Waals surface area contributed by atoms with Crippen LogP contribution in [0.25, 0.3) is 11.3 Å². The molecule has 0 unspecified atom stereocenters.